The Kier molecular flexibility index (Phi) is 5.33. The van der Waals surface area contributed by atoms with Gasteiger partial charge in [0.05, 0.1) is 29.3 Å². The van der Waals surface area contributed by atoms with Gasteiger partial charge in [0.25, 0.3) is 0 Å². The average molecular weight is 477 g/mol. The molecule has 2 aliphatic heterocycles. The van der Waals surface area contributed by atoms with Gasteiger partial charge < -0.3 is 20.6 Å². The van der Waals surface area contributed by atoms with Crippen molar-refractivity contribution in [2.75, 3.05) is 13.1 Å². The van der Waals surface area contributed by atoms with Crippen LogP contribution in [0.5, 0.6) is 0 Å². The zero-order valence-corrected chi connectivity index (χ0v) is 20.0. The van der Waals surface area contributed by atoms with Crippen molar-refractivity contribution in [2.45, 2.75) is 37.8 Å². The number of benzene rings is 2. The predicted molar refractivity (Wildman–Crippen MR) is 140 cm³/mol. The first-order valence-electron chi connectivity index (χ1n) is 12.7. The minimum Gasteiger partial charge on any atom is -0.341 e. The van der Waals surface area contributed by atoms with E-state index < -0.39 is 0 Å². The van der Waals surface area contributed by atoms with Crippen molar-refractivity contribution in [1.29, 1.82) is 0 Å². The smallest absolute Gasteiger partial charge is 0.177 e. The van der Waals surface area contributed by atoms with E-state index in [1.807, 2.05) is 18.6 Å². The van der Waals surface area contributed by atoms with Crippen LogP contribution in [-0.4, -0.2) is 43.0 Å². The molecular weight excluding hydrogens is 448 g/mol. The number of fused-ring (bicyclic) bond motifs is 1. The van der Waals surface area contributed by atoms with E-state index in [9.17, 15) is 0 Å². The van der Waals surface area contributed by atoms with Gasteiger partial charge in [0.2, 0.25) is 0 Å². The lowest BCUT2D eigenvalue weighted by Crippen LogP contribution is -2.14. The Balaban J connectivity index is 1.09. The monoisotopic (exact) mass is 476 g/mol. The van der Waals surface area contributed by atoms with Gasteiger partial charge in [-0.05, 0) is 67.6 Å². The van der Waals surface area contributed by atoms with Crippen molar-refractivity contribution in [1.82, 2.24) is 40.5 Å². The standard InChI is InChI=1S/C28H28N8/c1-3-22(29-11-1)27-33-16-25(36-27)26-31-14-20(15-32-26)18-7-5-17(6-8-18)19-9-10-21-24(13-19)35-28(34-21)23-4-2-12-30-23/h5-10,13-16,22-23,29-30H,1-4,11-12H2,(H,33,36)(H,34,35). The Morgan fingerprint density at radius 1 is 0.639 bits per heavy atom. The van der Waals surface area contributed by atoms with Crippen LogP contribution in [0.25, 0.3) is 44.8 Å². The second-order valence-corrected chi connectivity index (χ2v) is 9.71. The lowest BCUT2D eigenvalue weighted by atomic mass is 10.0. The zero-order valence-electron chi connectivity index (χ0n) is 20.0. The van der Waals surface area contributed by atoms with Gasteiger partial charge >= 0.3 is 0 Å². The molecule has 8 heteroatoms. The molecule has 2 aliphatic rings. The van der Waals surface area contributed by atoms with Crippen LogP contribution in [0.15, 0.2) is 61.1 Å². The molecule has 5 heterocycles. The SMILES string of the molecule is c1cc(-c2ccc3nc(C4CCCN4)[nH]c3c2)ccc1-c1cnc(-c2cnc(C3CCCN3)[nH]2)nc1. The maximum Gasteiger partial charge on any atom is 0.177 e. The molecule has 0 aliphatic carbocycles. The summed E-state index contributed by atoms with van der Waals surface area (Å²) in [5, 5.41) is 6.98. The van der Waals surface area contributed by atoms with E-state index >= 15 is 0 Å². The maximum atomic E-state index is 4.79. The normalized spacial score (nSPS) is 19.9. The van der Waals surface area contributed by atoms with Gasteiger partial charge in [0, 0.05) is 18.0 Å². The van der Waals surface area contributed by atoms with Crippen LogP contribution in [0, 0.1) is 0 Å². The molecule has 0 spiro atoms. The van der Waals surface area contributed by atoms with Crippen molar-refractivity contribution in [3.05, 3.63) is 72.7 Å². The van der Waals surface area contributed by atoms with E-state index in [4.69, 9.17) is 4.98 Å². The Hall–Kier alpha value is -3.88. The van der Waals surface area contributed by atoms with E-state index in [1.54, 1.807) is 0 Å². The highest BCUT2D eigenvalue weighted by atomic mass is 15.1. The Bertz CT molecular complexity index is 1490. The summed E-state index contributed by atoms with van der Waals surface area (Å²) in [6, 6.07) is 15.6. The van der Waals surface area contributed by atoms with E-state index in [2.05, 4.69) is 78.0 Å². The first kappa shape index (κ1) is 21.4. The molecule has 2 unspecified atom stereocenters. The molecule has 0 saturated carbocycles. The molecule has 2 saturated heterocycles. The number of nitrogens with zero attached hydrogens (tertiary/aromatic N) is 4. The third-order valence-corrected chi connectivity index (χ3v) is 7.32. The van der Waals surface area contributed by atoms with Gasteiger partial charge in [0.1, 0.15) is 17.3 Å². The largest absolute Gasteiger partial charge is 0.341 e. The number of hydrogen-bond acceptors (Lipinski definition) is 6. The minimum atomic E-state index is 0.303. The summed E-state index contributed by atoms with van der Waals surface area (Å²) in [5.41, 5.74) is 7.35. The summed E-state index contributed by atoms with van der Waals surface area (Å²) in [4.78, 5) is 25.4. The van der Waals surface area contributed by atoms with Gasteiger partial charge in [-0.3, -0.25) is 0 Å². The van der Waals surface area contributed by atoms with Crippen LogP contribution in [-0.2, 0) is 0 Å². The molecule has 0 bridgehead atoms. The van der Waals surface area contributed by atoms with Crippen LogP contribution in [0.4, 0.5) is 0 Å². The van der Waals surface area contributed by atoms with Gasteiger partial charge in [0.15, 0.2) is 5.82 Å². The van der Waals surface area contributed by atoms with Crippen molar-refractivity contribution in [3.63, 3.8) is 0 Å². The fourth-order valence-corrected chi connectivity index (χ4v) is 5.31. The van der Waals surface area contributed by atoms with Gasteiger partial charge in [-0.2, -0.15) is 0 Å². The number of rotatable bonds is 5. The number of hydrogen-bond donors (Lipinski definition) is 4. The Morgan fingerprint density at radius 3 is 2.00 bits per heavy atom. The molecule has 180 valence electrons. The first-order chi connectivity index (χ1) is 17.8. The number of H-pyrrole nitrogens is 2. The second-order valence-electron chi connectivity index (χ2n) is 9.71. The first-order valence-corrected chi connectivity index (χ1v) is 12.7. The van der Waals surface area contributed by atoms with Crippen LogP contribution in [0.2, 0.25) is 0 Å². The highest BCUT2D eigenvalue weighted by Gasteiger charge is 2.20. The fraction of sp³-hybridized carbons (Fsp3) is 0.286. The van der Waals surface area contributed by atoms with E-state index in [-0.39, 0.29) is 0 Å². The number of aromatic nitrogens is 6. The summed E-state index contributed by atoms with van der Waals surface area (Å²) in [6.07, 6.45) is 10.2. The summed E-state index contributed by atoms with van der Waals surface area (Å²) >= 11 is 0. The van der Waals surface area contributed by atoms with Crippen molar-refractivity contribution >= 4 is 11.0 Å². The fourth-order valence-electron chi connectivity index (χ4n) is 5.31. The molecule has 8 nitrogen and oxygen atoms in total. The van der Waals surface area contributed by atoms with Gasteiger partial charge in [-0.1, -0.05) is 30.3 Å². The third-order valence-electron chi connectivity index (χ3n) is 7.32. The number of aromatic amines is 2. The molecule has 3 aromatic heterocycles. The van der Waals surface area contributed by atoms with E-state index in [0.717, 1.165) is 65.4 Å². The summed E-state index contributed by atoms with van der Waals surface area (Å²) < 4.78 is 0. The highest BCUT2D eigenvalue weighted by Crippen LogP contribution is 2.29. The topological polar surface area (TPSA) is 107 Å². The van der Waals surface area contributed by atoms with Crippen molar-refractivity contribution in [3.8, 4) is 33.8 Å². The Labute approximate surface area is 209 Å². The lowest BCUT2D eigenvalue weighted by Gasteiger charge is -2.06. The van der Waals surface area contributed by atoms with Crippen LogP contribution >= 0.6 is 0 Å². The van der Waals surface area contributed by atoms with E-state index in [1.165, 1.54) is 24.0 Å². The third kappa shape index (κ3) is 3.98. The van der Waals surface area contributed by atoms with Gasteiger partial charge in [-0.25, -0.2) is 19.9 Å². The Morgan fingerprint density at radius 2 is 1.31 bits per heavy atom. The summed E-state index contributed by atoms with van der Waals surface area (Å²) in [6.45, 7) is 2.11. The average Bonchev–Trinajstić information content (AvgIpc) is 3.75. The van der Waals surface area contributed by atoms with Crippen LogP contribution in [0.1, 0.15) is 49.4 Å². The van der Waals surface area contributed by atoms with Crippen molar-refractivity contribution in [2.24, 2.45) is 0 Å². The van der Waals surface area contributed by atoms with Crippen LogP contribution < -0.4 is 10.6 Å². The van der Waals surface area contributed by atoms with E-state index in [0.29, 0.717) is 17.9 Å². The summed E-state index contributed by atoms with van der Waals surface area (Å²) in [7, 11) is 0. The molecule has 2 aromatic carbocycles. The molecule has 2 atom stereocenters. The number of imidazole rings is 2. The van der Waals surface area contributed by atoms with Crippen molar-refractivity contribution < 1.29 is 0 Å². The molecule has 5 aromatic rings. The highest BCUT2D eigenvalue weighted by molar-refractivity contribution is 5.82. The lowest BCUT2D eigenvalue weighted by molar-refractivity contribution is 0.613. The molecule has 7 rings (SSSR count). The molecule has 36 heavy (non-hydrogen) atoms. The molecule has 2 fully saturated rings. The molecular formula is C28H28N8. The maximum absolute atomic E-state index is 4.79. The summed E-state index contributed by atoms with van der Waals surface area (Å²) in [5.74, 6) is 2.66. The number of nitrogens with one attached hydrogen (secondary N) is 4. The second kappa shape index (κ2) is 8.96. The molecule has 0 amide bonds. The zero-order chi connectivity index (χ0) is 23.9. The van der Waals surface area contributed by atoms with Gasteiger partial charge in [-0.15, -0.1) is 0 Å². The quantitative estimate of drug-likeness (QED) is 0.287. The molecule has 0 radical (unpaired) electrons. The van der Waals surface area contributed by atoms with Crippen LogP contribution in [0.3, 0.4) is 0 Å². The predicted octanol–water partition coefficient (Wildman–Crippen LogP) is 4.93. The molecule has 4 N–H and O–H groups in total. The minimum absolute atomic E-state index is 0.303.